The van der Waals surface area contributed by atoms with Gasteiger partial charge in [-0.05, 0) is 74.1 Å². The number of carboxylic acid groups (broad SMARTS) is 1. The molecule has 8 heteroatoms. The smallest absolute Gasteiger partial charge is 0.337 e. The Labute approximate surface area is 207 Å². The van der Waals surface area contributed by atoms with Gasteiger partial charge in [-0.2, -0.15) is 0 Å². The van der Waals surface area contributed by atoms with Gasteiger partial charge in [0.25, 0.3) is 0 Å². The lowest BCUT2D eigenvalue weighted by Crippen LogP contribution is -2.30. The monoisotopic (exact) mass is 486 g/mol. The number of benzene rings is 2. The highest BCUT2D eigenvalue weighted by Crippen LogP contribution is 2.44. The van der Waals surface area contributed by atoms with Crippen LogP contribution in [-0.4, -0.2) is 25.7 Å². The van der Waals surface area contributed by atoms with Crippen molar-refractivity contribution in [1.82, 2.24) is 14.9 Å². The van der Waals surface area contributed by atoms with Crippen molar-refractivity contribution < 1.29 is 14.3 Å². The maximum atomic E-state index is 15.0. The topological polar surface area (TPSA) is 70.4 Å². The van der Waals surface area contributed by atoms with Gasteiger partial charge in [0.2, 0.25) is 0 Å². The largest absolute Gasteiger partial charge is 0.478 e. The van der Waals surface area contributed by atoms with Crippen molar-refractivity contribution in [1.29, 1.82) is 0 Å². The summed E-state index contributed by atoms with van der Waals surface area (Å²) in [5.41, 5.74) is 4.51. The molecule has 35 heavy (non-hydrogen) atoms. The minimum atomic E-state index is -1.00. The minimum absolute atomic E-state index is 0.202. The average Bonchev–Trinajstić information content (AvgIpc) is 3.35. The molecule has 3 heterocycles. The van der Waals surface area contributed by atoms with Gasteiger partial charge in [0.05, 0.1) is 34.7 Å². The Kier molecular flexibility index (Phi) is 5.82. The van der Waals surface area contributed by atoms with Crippen LogP contribution in [0.3, 0.4) is 0 Å². The van der Waals surface area contributed by atoms with Crippen LogP contribution in [0, 0.1) is 19.7 Å². The summed E-state index contributed by atoms with van der Waals surface area (Å²) in [5, 5.41) is 13.5. The van der Waals surface area contributed by atoms with Crippen molar-refractivity contribution in [2.75, 3.05) is 4.90 Å². The average molecular weight is 487 g/mol. The number of aromatic nitrogens is 2. The molecule has 2 aromatic carbocycles. The van der Waals surface area contributed by atoms with Crippen molar-refractivity contribution in [2.45, 2.75) is 25.9 Å². The van der Waals surface area contributed by atoms with E-state index in [1.54, 1.807) is 47.5 Å². The first-order chi connectivity index (χ1) is 16.9. The number of thiocarbonyl (C=S) groups is 1. The molecule has 0 radical (unpaired) electrons. The molecule has 6 nitrogen and oxygen atoms in total. The zero-order valence-corrected chi connectivity index (χ0v) is 20.0. The third-order valence-corrected chi connectivity index (χ3v) is 6.69. The predicted molar refractivity (Wildman–Crippen MR) is 137 cm³/mol. The van der Waals surface area contributed by atoms with E-state index in [2.05, 4.69) is 10.3 Å². The molecule has 2 atom stereocenters. The van der Waals surface area contributed by atoms with Gasteiger partial charge < -0.3 is 19.9 Å². The predicted octanol–water partition coefficient (Wildman–Crippen LogP) is 5.50. The molecule has 1 saturated heterocycles. The van der Waals surface area contributed by atoms with Crippen molar-refractivity contribution in [2.24, 2.45) is 0 Å². The number of hydrogen-bond acceptors (Lipinski definition) is 3. The zero-order chi connectivity index (χ0) is 24.7. The Morgan fingerprint density at radius 3 is 2.40 bits per heavy atom. The molecule has 176 valence electrons. The third-order valence-electron chi connectivity index (χ3n) is 6.37. The summed E-state index contributed by atoms with van der Waals surface area (Å²) in [6.07, 6.45) is 1.72. The van der Waals surface area contributed by atoms with Crippen LogP contribution in [0.2, 0.25) is 0 Å². The summed E-state index contributed by atoms with van der Waals surface area (Å²) in [4.78, 5) is 18.3. The van der Waals surface area contributed by atoms with Crippen LogP contribution in [0.25, 0.3) is 5.69 Å². The number of aryl methyl sites for hydroxylation is 1. The van der Waals surface area contributed by atoms with Crippen LogP contribution in [0.4, 0.5) is 10.1 Å². The summed E-state index contributed by atoms with van der Waals surface area (Å²) in [7, 11) is 0. The highest BCUT2D eigenvalue weighted by molar-refractivity contribution is 7.80. The quantitative estimate of drug-likeness (QED) is 0.363. The van der Waals surface area contributed by atoms with Gasteiger partial charge >= 0.3 is 5.97 Å². The Morgan fingerprint density at radius 1 is 1.03 bits per heavy atom. The van der Waals surface area contributed by atoms with E-state index in [0.717, 1.165) is 22.6 Å². The highest BCUT2D eigenvalue weighted by Gasteiger charge is 2.43. The molecule has 0 bridgehead atoms. The van der Waals surface area contributed by atoms with Crippen LogP contribution < -0.4 is 10.2 Å². The number of rotatable bonds is 5. The SMILES string of the molecule is Cc1cc([C@@H]2[C@@H](c3ccccn3)NC(=S)N2c2ccccc2F)c(C)n1-c1ccccc1C(=O)O. The Balaban J connectivity index is 1.72. The van der Waals surface area contributed by atoms with E-state index in [1.807, 2.05) is 48.7 Å². The van der Waals surface area contributed by atoms with E-state index < -0.39 is 12.0 Å². The number of pyridine rings is 1. The molecule has 0 amide bonds. The third kappa shape index (κ3) is 3.85. The number of anilines is 1. The molecule has 0 saturated carbocycles. The molecule has 2 aromatic heterocycles. The van der Waals surface area contributed by atoms with Gasteiger partial charge in [-0.25, -0.2) is 9.18 Å². The van der Waals surface area contributed by atoms with Crippen molar-refractivity contribution in [3.63, 3.8) is 0 Å². The maximum Gasteiger partial charge on any atom is 0.337 e. The number of aromatic carboxylic acids is 1. The molecule has 0 aliphatic carbocycles. The van der Waals surface area contributed by atoms with Gasteiger partial charge in [-0.15, -0.1) is 0 Å². The van der Waals surface area contributed by atoms with E-state index in [1.165, 1.54) is 6.07 Å². The van der Waals surface area contributed by atoms with E-state index >= 15 is 4.39 Å². The molecular formula is C27H23FN4O2S. The maximum absolute atomic E-state index is 15.0. The normalized spacial score (nSPS) is 17.5. The van der Waals surface area contributed by atoms with Crippen LogP contribution in [0.5, 0.6) is 0 Å². The Hall–Kier alpha value is -4.04. The van der Waals surface area contributed by atoms with Crippen molar-refractivity contribution in [3.8, 4) is 5.69 Å². The summed E-state index contributed by atoms with van der Waals surface area (Å²) in [6.45, 7) is 3.87. The van der Waals surface area contributed by atoms with E-state index in [9.17, 15) is 9.90 Å². The van der Waals surface area contributed by atoms with Crippen LogP contribution in [-0.2, 0) is 0 Å². The van der Waals surface area contributed by atoms with Crippen LogP contribution in [0.1, 0.15) is 45.1 Å². The number of carboxylic acids is 1. The van der Waals surface area contributed by atoms with Gasteiger partial charge in [0.15, 0.2) is 5.11 Å². The second kappa shape index (κ2) is 8.96. The first-order valence-corrected chi connectivity index (χ1v) is 11.6. The summed E-state index contributed by atoms with van der Waals surface area (Å²) < 4.78 is 16.9. The number of para-hydroxylation sites is 2. The van der Waals surface area contributed by atoms with Gasteiger partial charge in [0, 0.05) is 17.6 Å². The summed E-state index contributed by atoms with van der Waals surface area (Å²) in [6, 6.07) is 20.4. The molecule has 5 rings (SSSR count). The highest BCUT2D eigenvalue weighted by atomic mass is 32.1. The molecule has 1 aliphatic heterocycles. The molecule has 2 N–H and O–H groups in total. The van der Waals surface area contributed by atoms with Crippen molar-refractivity contribution in [3.05, 3.63) is 113 Å². The molecule has 4 aromatic rings. The van der Waals surface area contributed by atoms with Crippen LogP contribution in [0.15, 0.2) is 79.0 Å². The lowest BCUT2D eigenvalue weighted by molar-refractivity contribution is 0.0697. The lowest BCUT2D eigenvalue weighted by Gasteiger charge is -2.28. The van der Waals surface area contributed by atoms with Gasteiger partial charge in [-0.1, -0.05) is 30.3 Å². The van der Waals surface area contributed by atoms with Crippen molar-refractivity contribution >= 4 is 29.0 Å². The standard InChI is InChI=1S/C27H23FN4O2S/c1-16-15-19(17(2)31(16)22-12-5-3-9-18(22)26(33)34)25-24(21-11-7-8-14-29-21)30-27(35)32(25)23-13-6-4-10-20(23)28/h3-15,24-25H,1-2H3,(H,30,35)(H,33,34)/t24-,25-/m1/s1. The fourth-order valence-electron chi connectivity index (χ4n) is 4.88. The Bertz CT molecular complexity index is 1440. The molecular weight excluding hydrogens is 463 g/mol. The summed E-state index contributed by atoms with van der Waals surface area (Å²) >= 11 is 5.70. The molecule has 1 aliphatic rings. The fourth-order valence-corrected chi connectivity index (χ4v) is 5.22. The molecule has 0 spiro atoms. The number of carbonyl (C=O) groups is 1. The zero-order valence-electron chi connectivity index (χ0n) is 19.1. The lowest BCUT2D eigenvalue weighted by atomic mass is 9.96. The number of halogens is 1. The first-order valence-electron chi connectivity index (χ1n) is 11.1. The van der Waals surface area contributed by atoms with E-state index in [-0.39, 0.29) is 17.4 Å². The Morgan fingerprint density at radius 2 is 1.71 bits per heavy atom. The number of hydrogen-bond donors (Lipinski definition) is 2. The second-order valence-corrected chi connectivity index (χ2v) is 8.82. The number of nitrogens with zero attached hydrogens (tertiary/aromatic N) is 3. The van der Waals surface area contributed by atoms with Gasteiger partial charge in [0.1, 0.15) is 5.82 Å². The second-order valence-electron chi connectivity index (χ2n) is 8.43. The molecule has 0 unspecified atom stereocenters. The molecule has 1 fully saturated rings. The van der Waals surface area contributed by atoms with E-state index in [0.29, 0.717) is 16.5 Å². The number of nitrogens with one attached hydrogen (secondary N) is 1. The van der Waals surface area contributed by atoms with E-state index in [4.69, 9.17) is 12.2 Å². The minimum Gasteiger partial charge on any atom is -0.478 e. The summed E-state index contributed by atoms with van der Waals surface area (Å²) in [5.74, 6) is -1.38. The van der Waals surface area contributed by atoms with Crippen LogP contribution >= 0.6 is 12.2 Å². The van der Waals surface area contributed by atoms with Gasteiger partial charge in [-0.3, -0.25) is 4.98 Å². The first kappa shape index (κ1) is 22.7. The fraction of sp³-hybridized carbons (Fsp3) is 0.148.